The Labute approximate surface area is 198 Å². The Morgan fingerprint density at radius 3 is 2.59 bits per heavy atom. The van der Waals surface area contributed by atoms with Crippen LogP contribution in [-0.4, -0.2) is 72.4 Å². The zero-order valence-corrected chi connectivity index (χ0v) is 19.6. The normalized spacial score (nSPS) is 19.3. The minimum Gasteiger partial charge on any atom is -0.354 e. The van der Waals surface area contributed by atoms with E-state index in [4.69, 9.17) is 23.2 Å². The fraction of sp³-hybridized carbons (Fsp3) is 0.435. The number of likely N-dealkylation sites (tertiary alicyclic amines) is 1. The number of carbonyl (C=O) groups excluding carboxylic acids is 2. The van der Waals surface area contributed by atoms with E-state index in [1.807, 2.05) is 12.1 Å². The van der Waals surface area contributed by atoms with Crippen molar-refractivity contribution >= 4 is 40.8 Å². The second-order valence-corrected chi connectivity index (χ2v) is 9.16. The van der Waals surface area contributed by atoms with Gasteiger partial charge in [0.25, 0.3) is 5.91 Å². The zero-order chi connectivity index (χ0) is 22.7. The molecule has 32 heavy (non-hydrogen) atoms. The molecule has 2 aliphatic heterocycles. The molecule has 1 unspecified atom stereocenters. The number of pyridine rings is 1. The van der Waals surface area contributed by atoms with Gasteiger partial charge in [-0.2, -0.15) is 0 Å². The lowest BCUT2D eigenvalue weighted by Gasteiger charge is -2.33. The van der Waals surface area contributed by atoms with E-state index >= 15 is 0 Å². The first-order chi connectivity index (χ1) is 15.4. The predicted octanol–water partition coefficient (Wildman–Crippen LogP) is 3.06. The van der Waals surface area contributed by atoms with Crippen LogP contribution in [0.4, 0.5) is 5.82 Å². The molecule has 0 saturated carbocycles. The number of carbonyl (C=O) groups is 2. The van der Waals surface area contributed by atoms with Gasteiger partial charge in [0.1, 0.15) is 11.9 Å². The molecule has 170 valence electrons. The van der Waals surface area contributed by atoms with Crippen LogP contribution >= 0.6 is 23.2 Å². The summed E-state index contributed by atoms with van der Waals surface area (Å²) in [5.74, 6) is 0.518. The van der Waals surface area contributed by atoms with Gasteiger partial charge in [-0.25, -0.2) is 4.98 Å². The number of likely N-dealkylation sites (N-methyl/N-ethyl adjacent to an activating group) is 1. The topological polar surface area (TPSA) is 68.8 Å². The third-order valence-corrected chi connectivity index (χ3v) is 6.64. The van der Waals surface area contributed by atoms with Crippen LogP contribution in [0.5, 0.6) is 0 Å². The molecule has 1 aromatic heterocycles. The number of halogens is 2. The van der Waals surface area contributed by atoms with Crippen LogP contribution in [0.1, 0.15) is 28.8 Å². The molecule has 2 saturated heterocycles. The Balaban J connectivity index is 1.35. The summed E-state index contributed by atoms with van der Waals surface area (Å²) in [5.41, 5.74) is 1.24. The first-order valence-electron chi connectivity index (χ1n) is 10.8. The summed E-state index contributed by atoms with van der Waals surface area (Å²) in [6, 6.07) is 8.26. The molecule has 0 spiro atoms. The quantitative estimate of drug-likeness (QED) is 0.719. The highest BCUT2D eigenvalue weighted by Crippen LogP contribution is 2.26. The fourth-order valence-electron chi connectivity index (χ4n) is 4.15. The average Bonchev–Trinajstić information content (AvgIpc) is 3.30. The summed E-state index contributed by atoms with van der Waals surface area (Å²) >= 11 is 12.2. The largest absolute Gasteiger partial charge is 0.354 e. The van der Waals surface area contributed by atoms with Gasteiger partial charge in [-0.15, -0.1) is 0 Å². The highest BCUT2D eigenvalue weighted by molar-refractivity contribution is 6.35. The highest BCUT2D eigenvalue weighted by Gasteiger charge is 2.35. The highest BCUT2D eigenvalue weighted by atomic mass is 35.5. The third-order valence-electron chi connectivity index (χ3n) is 6.08. The summed E-state index contributed by atoms with van der Waals surface area (Å²) in [6.45, 7) is 4.85. The monoisotopic (exact) mass is 475 g/mol. The van der Waals surface area contributed by atoms with E-state index in [2.05, 4.69) is 27.1 Å². The van der Waals surface area contributed by atoms with Crippen molar-refractivity contribution in [2.75, 3.05) is 44.7 Å². The lowest BCUT2D eigenvalue weighted by Crippen LogP contribution is -2.45. The van der Waals surface area contributed by atoms with E-state index in [0.717, 1.165) is 44.0 Å². The zero-order valence-electron chi connectivity index (χ0n) is 18.1. The summed E-state index contributed by atoms with van der Waals surface area (Å²) in [7, 11) is 2.12. The van der Waals surface area contributed by atoms with Crippen molar-refractivity contribution in [3.63, 3.8) is 0 Å². The van der Waals surface area contributed by atoms with Crippen molar-refractivity contribution in [1.82, 2.24) is 20.1 Å². The standard InChI is InChI=1S/C23H27Cl2N5O2/c1-28-9-11-29(12-10-28)21-7-4-16(14-26-21)15-27-22(31)20-3-2-8-30(20)23(32)18-13-17(24)5-6-19(18)25/h4-7,13-14,20H,2-3,8-12,15H2,1H3,(H,27,31). The smallest absolute Gasteiger partial charge is 0.256 e. The number of aromatic nitrogens is 1. The van der Waals surface area contributed by atoms with Crippen LogP contribution in [0, 0.1) is 0 Å². The van der Waals surface area contributed by atoms with E-state index in [-0.39, 0.29) is 11.8 Å². The molecule has 1 aromatic carbocycles. The molecule has 2 aromatic rings. The third kappa shape index (κ3) is 5.17. The second kappa shape index (κ2) is 10.1. The molecule has 0 radical (unpaired) electrons. The lowest BCUT2D eigenvalue weighted by atomic mass is 10.1. The number of hydrogen-bond donors (Lipinski definition) is 1. The number of benzene rings is 1. The van der Waals surface area contributed by atoms with Crippen molar-refractivity contribution in [3.05, 3.63) is 57.7 Å². The Kier molecular flexibility index (Phi) is 7.18. The maximum atomic E-state index is 13.0. The molecule has 2 fully saturated rings. The Morgan fingerprint density at radius 1 is 1.09 bits per heavy atom. The van der Waals surface area contributed by atoms with Gasteiger partial charge in [0, 0.05) is 50.5 Å². The number of amides is 2. The molecule has 2 aliphatic rings. The summed E-state index contributed by atoms with van der Waals surface area (Å²) in [6.07, 6.45) is 3.19. The van der Waals surface area contributed by atoms with Gasteiger partial charge in [0.05, 0.1) is 10.6 Å². The fourth-order valence-corrected chi connectivity index (χ4v) is 4.52. The number of hydrogen-bond acceptors (Lipinski definition) is 5. The first kappa shape index (κ1) is 22.8. The van der Waals surface area contributed by atoms with Crippen molar-refractivity contribution in [1.29, 1.82) is 0 Å². The minimum absolute atomic E-state index is 0.169. The van der Waals surface area contributed by atoms with Gasteiger partial charge < -0.3 is 20.0 Å². The molecule has 1 atom stereocenters. The number of piperazine rings is 1. The van der Waals surface area contributed by atoms with Gasteiger partial charge in [0.15, 0.2) is 0 Å². The number of nitrogens with zero attached hydrogens (tertiary/aromatic N) is 4. The Hall–Kier alpha value is -2.35. The van der Waals surface area contributed by atoms with Crippen molar-refractivity contribution in [3.8, 4) is 0 Å². The molecule has 0 bridgehead atoms. The first-order valence-corrected chi connectivity index (χ1v) is 11.6. The van der Waals surface area contributed by atoms with Gasteiger partial charge in [0.2, 0.25) is 5.91 Å². The van der Waals surface area contributed by atoms with Crippen molar-refractivity contribution < 1.29 is 9.59 Å². The van der Waals surface area contributed by atoms with Gasteiger partial charge in [-0.1, -0.05) is 29.3 Å². The SMILES string of the molecule is CN1CCN(c2ccc(CNC(=O)C3CCCN3C(=O)c3cc(Cl)ccc3Cl)cn2)CC1. The molecule has 0 aliphatic carbocycles. The number of anilines is 1. The second-order valence-electron chi connectivity index (χ2n) is 8.31. The minimum atomic E-state index is -0.518. The van der Waals surface area contributed by atoms with Crippen LogP contribution in [0.25, 0.3) is 0 Å². The summed E-state index contributed by atoms with van der Waals surface area (Å²) < 4.78 is 0. The Bertz CT molecular complexity index is 977. The molecule has 1 N–H and O–H groups in total. The van der Waals surface area contributed by atoms with Crippen LogP contribution in [-0.2, 0) is 11.3 Å². The van der Waals surface area contributed by atoms with E-state index in [0.29, 0.717) is 35.1 Å². The van der Waals surface area contributed by atoms with Crippen molar-refractivity contribution in [2.45, 2.75) is 25.4 Å². The van der Waals surface area contributed by atoms with Crippen LogP contribution < -0.4 is 10.2 Å². The molecular formula is C23H27Cl2N5O2. The summed E-state index contributed by atoms with van der Waals surface area (Å²) in [5, 5.41) is 3.72. The van der Waals surface area contributed by atoms with Crippen LogP contribution in [0.2, 0.25) is 10.0 Å². The molecular weight excluding hydrogens is 449 g/mol. The maximum absolute atomic E-state index is 13.0. The molecule has 3 heterocycles. The lowest BCUT2D eigenvalue weighted by molar-refractivity contribution is -0.125. The maximum Gasteiger partial charge on any atom is 0.256 e. The average molecular weight is 476 g/mol. The van der Waals surface area contributed by atoms with Crippen LogP contribution in [0.15, 0.2) is 36.5 Å². The number of nitrogens with one attached hydrogen (secondary N) is 1. The summed E-state index contributed by atoms with van der Waals surface area (Å²) in [4.78, 5) is 36.6. The van der Waals surface area contributed by atoms with Gasteiger partial charge in [-0.05, 0) is 49.7 Å². The number of rotatable bonds is 5. The van der Waals surface area contributed by atoms with Gasteiger partial charge >= 0.3 is 0 Å². The van der Waals surface area contributed by atoms with Crippen molar-refractivity contribution in [2.24, 2.45) is 0 Å². The van der Waals surface area contributed by atoms with E-state index in [1.165, 1.54) is 0 Å². The van der Waals surface area contributed by atoms with E-state index in [1.54, 1.807) is 29.3 Å². The Morgan fingerprint density at radius 2 is 1.88 bits per heavy atom. The molecule has 9 heteroatoms. The molecule has 4 rings (SSSR count). The predicted molar refractivity (Wildman–Crippen MR) is 126 cm³/mol. The van der Waals surface area contributed by atoms with Crippen LogP contribution in [0.3, 0.4) is 0 Å². The van der Waals surface area contributed by atoms with E-state index < -0.39 is 6.04 Å². The van der Waals surface area contributed by atoms with E-state index in [9.17, 15) is 9.59 Å². The molecule has 2 amide bonds. The molecule has 7 nitrogen and oxygen atoms in total. The van der Waals surface area contributed by atoms with Gasteiger partial charge in [-0.3, -0.25) is 9.59 Å².